The molecule has 1 aliphatic carbocycles. The van der Waals surface area contributed by atoms with Gasteiger partial charge in [0.2, 0.25) is 0 Å². The van der Waals surface area contributed by atoms with E-state index in [9.17, 15) is 9.90 Å². The summed E-state index contributed by atoms with van der Waals surface area (Å²) in [5.74, 6) is -0.855. The summed E-state index contributed by atoms with van der Waals surface area (Å²) in [7, 11) is 0. The van der Waals surface area contributed by atoms with E-state index in [4.69, 9.17) is 5.11 Å². The first-order valence-corrected chi connectivity index (χ1v) is 5.20. The van der Waals surface area contributed by atoms with Gasteiger partial charge in [0.25, 0.3) is 0 Å². The molecule has 1 aromatic heterocycles. The molecule has 2 N–H and O–H groups in total. The van der Waals surface area contributed by atoms with Gasteiger partial charge in [-0.1, -0.05) is 0 Å². The molecule has 1 aromatic rings. The average molecular weight is 213 g/mol. The van der Waals surface area contributed by atoms with Crippen LogP contribution in [0.1, 0.15) is 22.7 Å². The summed E-state index contributed by atoms with van der Waals surface area (Å²) in [6, 6.07) is 0. The Morgan fingerprint density at radius 2 is 2.36 bits per heavy atom. The van der Waals surface area contributed by atoms with Gasteiger partial charge < -0.3 is 10.2 Å². The van der Waals surface area contributed by atoms with Crippen molar-refractivity contribution >= 4 is 17.3 Å². The minimum Gasteiger partial charge on any atom is -0.481 e. The fraction of sp³-hybridized carbons (Fsp3) is 0.556. The van der Waals surface area contributed by atoms with Crippen LogP contribution in [0, 0.1) is 6.92 Å². The highest BCUT2D eigenvalue weighted by molar-refractivity contribution is 7.11. The van der Waals surface area contributed by atoms with E-state index < -0.39 is 17.5 Å². The SMILES string of the molecule is Cc1ncc(C2(C(=O)O)CC(O)C2)s1. The largest absolute Gasteiger partial charge is 0.481 e. The Balaban J connectivity index is 2.34. The zero-order valence-corrected chi connectivity index (χ0v) is 8.54. The van der Waals surface area contributed by atoms with E-state index in [1.807, 2.05) is 6.92 Å². The van der Waals surface area contributed by atoms with Crippen molar-refractivity contribution in [1.29, 1.82) is 0 Å². The third kappa shape index (κ3) is 1.24. The lowest BCUT2D eigenvalue weighted by Gasteiger charge is -2.40. The topological polar surface area (TPSA) is 70.4 Å². The number of aromatic nitrogens is 1. The Bertz CT molecular complexity index is 368. The van der Waals surface area contributed by atoms with Gasteiger partial charge in [0.15, 0.2) is 0 Å². The van der Waals surface area contributed by atoms with Gasteiger partial charge >= 0.3 is 5.97 Å². The van der Waals surface area contributed by atoms with E-state index in [1.54, 1.807) is 6.20 Å². The highest BCUT2D eigenvalue weighted by Gasteiger charge is 2.52. The van der Waals surface area contributed by atoms with E-state index in [2.05, 4.69) is 4.98 Å². The molecule has 5 heteroatoms. The molecule has 0 saturated heterocycles. The predicted molar refractivity (Wildman–Crippen MR) is 51.4 cm³/mol. The van der Waals surface area contributed by atoms with Gasteiger partial charge in [0.05, 0.1) is 11.1 Å². The molecule has 0 radical (unpaired) electrons. The van der Waals surface area contributed by atoms with Crippen molar-refractivity contribution in [2.45, 2.75) is 31.3 Å². The van der Waals surface area contributed by atoms with E-state index in [-0.39, 0.29) is 0 Å². The number of carboxylic acids is 1. The zero-order valence-electron chi connectivity index (χ0n) is 7.73. The first-order chi connectivity index (χ1) is 6.54. The van der Waals surface area contributed by atoms with Crippen molar-refractivity contribution in [3.8, 4) is 0 Å². The second kappa shape index (κ2) is 3.03. The first kappa shape index (κ1) is 9.61. The van der Waals surface area contributed by atoms with Crippen LogP contribution in [-0.2, 0) is 10.2 Å². The van der Waals surface area contributed by atoms with E-state index in [0.29, 0.717) is 12.8 Å². The van der Waals surface area contributed by atoms with Gasteiger partial charge in [-0.3, -0.25) is 4.79 Å². The summed E-state index contributed by atoms with van der Waals surface area (Å²) in [5.41, 5.74) is -0.870. The second-order valence-electron chi connectivity index (χ2n) is 3.69. The van der Waals surface area contributed by atoms with Gasteiger partial charge in [-0.2, -0.15) is 0 Å². The van der Waals surface area contributed by atoms with Crippen LogP contribution in [0.2, 0.25) is 0 Å². The van der Waals surface area contributed by atoms with Crippen LogP contribution in [0.4, 0.5) is 0 Å². The monoisotopic (exact) mass is 213 g/mol. The number of aryl methyl sites for hydroxylation is 1. The Kier molecular flexibility index (Phi) is 2.08. The molecular weight excluding hydrogens is 202 g/mol. The highest BCUT2D eigenvalue weighted by atomic mass is 32.1. The normalized spacial score (nSPS) is 31.1. The van der Waals surface area contributed by atoms with E-state index >= 15 is 0 Å². The fourth-order valence-electron chi connectivity index (χ4n) is 1.81. The molecule has 1 aliphatic rings. The van der Waals surface area contributed by atoms with Crippen LogP contribution in [0.25, 0.3) is 0 Å². The zero-order chi connectivity index (χ0) is 10.3. The molecule has 0 aliphatic heterocycles. The molecule has 1 saturated carbocycles. The first-order valence-electron chi connectivity index (χ1n) is 4.39. The molecule has 1 fully saturated rings. The number of carbonyl (C=O) groups is 1. The minimum atomic E-state index is -0.870. The summed E-state index contributed by atoms with van der Waals surface area (Å²) in [4.78, 5) is 15.9. The lowest BCUT2D eigenvalue weighted by molar-refractivity contribution is -0.152. The van der Waals surface area contributed by atoms with E-state index in [1.165, 1.54) is 11.3 Å². The summed E-state index contributed by atoms with van der Waals surface area (Å²) in [6.45, 7) is 1.85. The number of aliphatic hydroxyl groups excluding tert-OH is 1. The molecule has 1 heterocycles. The molecule has 14 heavy (non-hydrogen) atoms. The Morgan fingerprint density at radius 1 is 1.71 bits per heavy atom. The third-order valence-corrected chi connectivity index (χ3v) is 3.79. The van der Waals surface area contributed by atoms with Crippen LogP contribution in [0.5, 0.6) is 0 Å². The van der Waals surface area contributed by atoms with Crippen LogP contribution in [-0.4, -0.2) is 27.3 Å². The quantitative estimate of drug-likeness (QED) is 0.766. The molecule has 0 amide bonds. The molecular formula is C9H11NO3S. The highest BCUT2D eigenvalue weighted by Crippen LogP contribution is 2.46. The Hall–Kier alpha value is -0.940. The molecule has 4 nitrogen and oxygen atoms in total. The molecule has 0 unspecified atom stereocenters. The lowest BCUT2D eigenvalue weighted by atomic mass is 9.66. The van der Waals surface area contributed by atoms with Crippen LogP contribution in [0.3, 0.4) is 0 Å². The van der Waals surface area contributed by atoms with Gasteiger partial charge in [0.1, 0.15) is 5.41 Å². The van der Waals surface area contributed by atoms with Crippen LogP contribution in [0.15, 0.2) is 6.20 Å². The van der Waals surface area contributed by atoms with Crippen molar-refractivity contribution in [3.63, 3.8) is 0 Å². The molecule has 0 bridgehead atoms. The summed E-state index contributed by atoms with van der Waals surface area (Å²) in [6.07, 6.45) is 1.75. The second-order valence-corrected chi connectivity index (χ2v) is 4.93. The number of rotatable bonds is 2. The maximum absolute atomic E-state index is 11.1. The van der Waals surface area contributed by atoms with Crippen LogP contribution >= 0.6 is 11.3 Å². The number of hydrogen-bond donors (Lipinski definition) is 2. The van der Waals surface area contributed by atoms with Crippen molar-refractivity contribution in [2.75, 3.05) is 0 Å². The average Bonchev–Trinajstić information content (AvgIpc) is 2.45. The standard InChI is InChI=1S/C9H11NO3S/c1-5-10-4-7(14-5)9(8(12)13)2-6(11)3-9/h4,6,11H,2-3H2,1H3,(H,12,13). The van der Waals surface area contributed by atoms with Crippen molar-refractivity contribution < 1.29 is 15.0 Å². The number of aliphatic hydroxyl groups is 1. The van der Waals surface area contributed by atoms with Gasteiger partial charge in [-0.25, -0.2) is 4.98 Å². The number of hydrogen-bond acceptors (Lipinski definition) is 4. The maximum Gasteiger partial charge on any atom is 0.315 e. The summed E-state index contributed by atoms with van der Waals surface area (Å²) in [5, 5.41) is 19.2. The molecule has 0 atom stereocenters. The number of aliphatic carboxylic acids is 1. The summed E-state index contributed by atoms with van der Waals surface area (Å²) < 4.78 is 0. The number of carboxylic acid groups (broad SMARTS) is 1. The number of nitrogens with zero attached hydrogens (tertiary/aromatic N) is 1. The van der Waals surface area contributed by atoms with E-state index in [0.717, 1.165) is 9.88 Å². The van der Waals surface area contributed by atoms with Gasteiger partial charge in [0, 0.05) is 11.1 Å². The molecule has 0 spiro atoms. The third-order valence-electron chi connectivity index (χ3n) is 2.67. The minimum absolute atomic E-state index is 0.309. The van der Waals surface area contributed by atoms with Crippen LogP contribution < -0.4 is 0 Å². The maximum atomic E-state index is 11.1. The van der Waals surface area contributed by atoms with Crippen molar-refractivity contribution in [2.24, 2.45) is 0 Å². The van der Waals surface area contributed by atoms with Gasteiger partial charge in [-0.05, 0) is 19.8 Å². The van der Waals surface area contributed by atoms with Crippen molar-refractivity contribution in [1.82, 2.24) is 4.98 Å². The summed E-state index contributed by atoms with van der Waals surface area (Å²) >= 11 is 1.40. The van der Waals surface area contributed by atoms with Crippen molar-refractivity contribution in [3.05, 3.63) is 16.1 Å². The Morgan fingerprint density at radius 3 is 2.71 bits per heavy atom. The molecule has 2 rings (SSSR count). The lowest BCUT2D eigenvalue weighted by Crippen LogP contribution is -2.50. The smallest absolute Gasteiger partial charge is 0.315 e. The van der Waals surface area contributed by atoms with Gasteiger partial charge in [-0.15, -0.1) is 11.3 Å². The Labute approximate surface area is 85.2 Å². The predicted octanol–water partition coefficient (Wildman–Crippen LogP) is 0.929. The fourth-order valence-corrected chi connectivity index (χ4v) is 2.79. The number of thiazole rings is 1. The molecule has 0 aromatic carbocycles. The molecule has 76 valence electrons.